The van der Waals surface area contributed by atoms with Gasteiger partial charge < -0.3 is 4.42 Å². The van der Waals surface area contributed by atoms with Gasteiger partial charge >= 0.3 is 6.01 Å². The van der Waals surface area contributed by atoms with Crippen LogP contribution in [-0.4, -0.2) is 11.2 Å². The van der Waals surface area contributed by atoms with Crippen molar-refractivity contribution in [3.8, 4) is 22.6 Å². The van der Waals surface area contributed by atoms with E-state index >= 15 is 0 Å². The van der Waals surface area contributed by atoms with E-state index in [1.807, 2.05) is 60.7 Å². The molecule has 5 heteroatoms. The lowest BCUT2D eigenvalue weighted by Crippen LogP contribution is -1.91. The van der Waals surface area contributed by atoms with Crippen LogP contribution in [0.3, 0.4) is 0 Å². The van der Waals surface area contributed by atoms with Gasteiger partial charge in [-0.05, 0) is 17.7 Å². The van der Waals surface area contributed by atoms with Crippen LogP contribution in [0.25, 0.3) is 22.6 Å². The maximum absolute atomic E-state index is 13.0. The summed E-state index contributed by atoms with van der Waals surface area (Å²) in [5, 5.41) is 4.13. The molecule has 0 saturated carbocycles. The Labute approximate surface area is 156 Å². The third-order valence-corrected chi connectivity index (χ3v) is 3.95. The molecule has 1 aromatic heterocycles. The number of nitrogens with one attached hydrogen (secondary N) is 1. The highest BCUT2D eigenvalue weighted by atomic mass is 19.1. The van der Waals surface area contributed by atoms with Crippen molar-refractivity contribution in [2.45, 2.75) is 0 Å². The van der Waals surface area contributed by atoms with Crippen LogP contribution in [0.4, 0.5) is 10.4 Å². The maximum Gasteiger partial charge on any atom is 0.316 e. The highest BCUT2D eigenvalue weighted by Crippen LogP contribution is 2.34. The van der Waals surface area contributed by atoms with Gasteiger partial charge in [0.15, 0.2) is 5.76 Å². The Balaban J connectivity index is 1.64. The van der Waals surface area contributed by atoms with Gasteiger partial charge in [-0.3, -0.25) is 0 Å². The molecule has 0 aliphatic rings. The normalized spacial score (nSPS) is 11.0. The molecule has 4 aromatic rings. The van der Waals surface area contributed by atoms with Crippen LogP contribution in [0, 0.1) is 5.82 Å². The van der Waals surface area contributed by atoms with E-state index in [1.165, 1.54) is 12.1 Å². The highest BCUT2D eigenvalue weighted by molar-refractivity contribution is 5.80. The average molecular weight is 357 g/mol. The first kappa shape index (κ1) is 16.7. The largest absolute Gasteiger partial charge is 0.422 e. The van der Waals surface area contributed by atoms with Crippen molar-refractivity contribution in [1.82, 2.24) is 4.98 Å². The van der Waals surface area contributed by atoms with Crippen LogP contribution >= 0.6 is 0 Å². The van der Waals surface area contributed by atoms with Gasteiger partial charge in [-0.25, -0.2) is 9.82 Å². The second-order valence-electron chi connectivity index (χ2n) is 5.85. The van der Waals surface area contributed by atoms with Gasteiger partial charge in [0.05, 0.1) is 6.21 Å². The van der Waals surface area contributed by atoms with E-state index in [1.54, 1.807) is 18.3 Å². The number of benzene rings is 3. The van der Waals surface area contributed by atoms with Gasteiger partial charge in [-0.1, -0.05) is 72.8 Å². The first-order valence-electron chi connectivity index (χ1n) is 8.46. The number of oxazole rings is 1. The fourth-order valence-corrected chi connectivity index (χ4v) is 2.66. The summed E-state index contributed by atoms with van der Waals surface area (Å²) in [5.41, 5.74) is 6.19. The van der Waals surface area contributed by atoms with Gasteiger partial charge in [-0.15, -0.1) is 0 Å². The smallest absolute Gasteiger partial charge is 0.316 e. The molecule has 3 aromatic carbocycles. The Hall–Kier alpha value is -3.73. The summed E-state index contributed by atoms with van der Waals surface area (Å²) in [4.78, 5) is 4.55. The zero-order chi connectivity index (χ0) is 18.5. The minimum atomic E-state index is -0.284. The molecule has 0 aliphatic carbocycles. The lowest BCUT2D eigenvalue weighted by Gasteiger charge is -2.00. The predicted octanol–water partition coefficient (Wildman–Crippen LogP) is 5.59. The summed E-state index contributed by atoms with van der Waals surface area (Å²) in [6.07, 6.45) is 1.58. The molecule has 132 valence electrons. The highest BCUT2D eigenvalue weighted by Gasteiger charge is 2.16. The molecule has 0 fully saturated rings. The summed E-state index contributed by atoms with van der Waals surface area (Å²) >= 11 is 0. The van der Waals surface area contributed by atoms with Gasteiger partial charge in [0.25, 0.3) is 0 Å². The molecule has 1 heterocycles. The quantitative estimate of drug-likeness (QED) is 0.374. The number of hydrazone groups is 1. The van der Waals surface area contributed by atoms with Crippen molar-refractivity contribution in [2.24, 2.45) is 5.10 Å². The Kier molecular flexibility index (Phi) is 4.74. The second kappa shape index (κ2) is 7.66. The molecule has 1 N–H and O–H groups in total. The van der Waals surface area contributed by atoms with E-state index < -0.39 is 0 Å². The van der Waals surface area contributed by atoms with Crippen molar-refractivity contribution < 1.29 is 8.81 Å². The molecule has 0 amide bonds. The summed E-state index contributed by atoms with van der Waals surface area (Å²) in [6.45, 7) is 0. The number of halogens is 1. The maximum atomic E-state index is 13.0. The topological polar surface area (TPSA) is 50.4 Å². The number of hydrogen-bond acceptors (Lipinski definition) is 4. The fraction of sp³-hybridized carbons (Fsp3) is 0. The Bertz CT molecular complexity index is 985. The summed E-state index contributed by atoms with van der Waals surface area (Å²) in [7, 11) is 0. The van der Waals surface area contributed by atoms with Crippen molar-refractivity contribution >= 4 is 12.2 Å². The van der Waals surface area contributed by atoms with Crippen LogP contribution < -0.4 is 5.43 Å². The van der Waals surface area contributed by atoms with Crippen LogP contribution in [0.1, 0.15) is 5.56 Å². The number of anilines is 1. The monoisotopic (exact) mass is 357 g/mol. The van der Waals surface area contributed by atoms with Crippen LogP contribution in [0.15, 0.2) is 94.4 Å². The van der Waals surface area contributed by atoms with E-state index in [0.717, 1.165) is 22.4 Å². The molecule has 0 atom stereocenters. The lowest BCUT2D eigenvalue weighted by atomic mass is 10.1. The standard InChI is InChI=1S/C22H16FN3O/c23-19-13-11-16(12-14-19)15-24-26-22-25-20(17-7-3-1-4-8-17)21(27-22)18-9-5-2-6-10-18/h1-15H,(H,25,26)/b24-15+. The molecular weight excluding hydrogens is 341 g/mol. The molecule has 0 unspecified atom stereocenters. The minimum absolute atomic E-state index is 0.283. The third-order valence-electron chi connectivity index (χ3n) is 3.95. The molecule has 0 aliphatic heterocycles. The van der Waals surface area contributed by atoms with Crippen LogP contribution in [0.2, 0.25) is 0 Å². The first-order valence-corrected chi connectivity index (χ1v) is 8.46. The van der Waals surface area contributed by atoms with E-state index in [9.17, 15) is 4.39 Å². The first-order chi connectivity index (χ1) is 13.3. The van der Waals surface area contributed by atoms with Gasteiger partial charge in [0, 0.05) is 11.1 Å². The van der Waals surface area contributed by atoms with Crippen molar-refractivity contribution in [3.05, 3.63) is 96.3 Å². The predicted molar refractivity (Wildman–Crippen MR) is 105 cm³/mol. The van der Waals surface area contributed by atoms with Crippen LogP contribution in [-0.2, 0) is 0 Å². The zero-order valence-electron chi connectivity index (χ0n) is 14.3. The van der Waals surface area contributed by atoms with Crippen molar-refractivity contribution in [1.29, 1.82) is 0 Å². The van der Waals surface area contributed by atoms with E-state index in [2.05, 4.69) is 15.5 Å². The number of aromatic nitrogens is 1. The number of hydrogen-bond donors (Lipinski definition) is 1. The Morgan fingerprint density at radius 1 is 0.815 bits per heavy atom. The average Bonchev–Trinajstić information content (AvgIpc) is 3.15. The molecule has 0 spiro atoms. The fourth-order valence-electron chi connectivity index (χ4n) is 2.66. The third kappa shape index (κ3) is 3.93. The Morgan fingerprint density at radius 2 is 1.44 bits per heavy atom. The molecule has 27 heavy (non-hydrogen) atoms. The second-order valence-corrected chi connectivity index (χ2v) is 5.85. The number of rotatable bonds is 5. The minimum Gasteiger partial charge on any atom is -0.422 e. The molecular formula is C22H16FN3O. The van der Waals surface area contributed by atoms with Gasteiger partial charge in [0.1, 0.15) is 11.5 Å². The Morgan fingerprint density at radius 3 is 2.11 bits per heavy atom. The van der Waals surface area contributed by atoms with E-state index in [-0.39, 0.29) is 11.8 Å². The van der Waals surface area contributed by atoms with Crippen molar-refractivity contribution in [3.63, 3.8) is 0 Å². The summed E-state index contributed by atoms with van der Waals surface area (Å²) in [6, 6.07) is 26.0. The molecule has 4 rings (SSSR count). The SMILES string of the molecule is Fc1ccc(/C=N/Nc2nc(-c3ccccc3)c(-c3ccccc3)o2)cc1. The van der Waals surface area contributed by atoms with Gasteiger partial charge in [0.2, 0.25) is 0 Å². The lowest BCUT2D eigenvalue weighted by molar-refractivity contribution is 0.587. The number of nitrogens with zero attached hydrogens (tertiary/aromatic N) is 2. The zero-order valence-corrected chi connectivity index (χ0v) is 14.3. The molecule has 0 saturated heterocycles. The molecule has 4 nitrogen and oxygen atoms in total. The molecule has 0 bridgehead atoms. The van der Waals surface area contributed by atoms with Crippen LogP contribution in [0.5, 0.6) is 0 Å². The van der Waals surface area contributed by atoms with Gasteiger partial charge in [-0.2, -0.15) is 10.1 Å². The summed E-state index contributed by atoms with van der Waals surface area (Å²) in [5.74, 6) is 0.383. The van der Waals surface area contributed by atoms with E-state index in [4.69, 9.17) is 4.42 Å². The summed E-state index contributed by atoms with van der Waals surface area (Å²) < 4.78 is 18.9. The molecule has 0 radical (unpaired) electrons. The van der Waals surface area contributed by atoms with Crippen molar-refractivity contribution in [2.75, 3.05) is 5.43 Å². The van der Waals surface area contributed by atoms with E-state index in [0.29, 0.717) is 5.76 Å².